The Labute approximate surface area is 175 Å². The summed E-state index contributed by atoms with van der Waals surface area (Å²) in [5, 5.41) is 12.1. The minimum atomic E-state index is -5.12. The Morgan fingerprint density at radius 2 is 1.45 bits per heavy atom. The number of anilines is 3. The van der Waals surface area contributed by atoms with Gasteiger partial charge in [0.15, 0.2) is 11.6 Å². The third-order valence-corrected chi connectivity index (χ3v) is 5.77. The van der Waals surface area contributed by atoms with Gasteiger partial charge in [0.2, 0.25) is 0 Å². The summed E-state index contributed by atoms with van der Waals surface area (Å²) < 4.78 is 35.4. The maximum atomic E-state index is 13.2. The molecule has 0 radical (unpaired) electrons. The SMILES string of the molecule is Nc1c(S(=O)(=O)[O-])cc(Nc2ccccc2C(=O)O)c2c1C(=O)c1ccccc1C2=O. The van der Waals surface area contributed by atoms with Crippen molar-refractivity contribution in [1.29, 1.82) is 0 Å². The van der Waals surface area contributed by atoms with Crippen LogP contribution >= 0.6 is 0 Å². The van der Waals surface area contributed by atoms with E-state index in [1.54, 1.807) is 6.07 Å². The number of hydrogen-bond acceptors (Lipinski definition) is 8. The molecule has 3 aromatic rings. The number of ketones is 2. The Morgan fingerprint density at radius 3 is 2.03 bits per heavy atom. The van der Waals surface area contributed by atoms with E-state index < -0.39 is 43.8 Å². The zero-order chi connectivity index (χ0) is 22.5. The van der Waals surface area contributed by atoms with Gasteiger partial charge >= 0.3 is 5.97 Å². The van der Waals surface area contributed by atoms with Crippen molar-refractivity contribution in [2.45, 2.75) is 4.90 Å². The molecule has 4 rings (SSSR count). The molecular weight excluding hydrogens is 424 g/mol. The zero-order valence-electron chi connectivity index (χ0n) is 15.6. The van der Waals surface area contributed by atoms with E-state index in [0.29, 0.717) is 0 Å². The summed E-state index contributed by atoms with van der Waals surface area (Å²) in [6, 6.07) is 12.4. The predicted molar refractivity (Wildman–Crippen MR) is 109 cm³/mol. The van der Waals surface area contributed by atoms with Gasteiger partial charge < -0.3 is 20.7 Å². The molecule has 0 saturated heterocycles. The molecule has 9 nitrogen and oxygen atoms in total. The van der Waals surface area contributed by atoms with Crippen molar-refractivity contribution in [3.63, 3.8) is 0 Å². The third-order valence-electron chi connectivity index (χ3n) is 4.90. The normalized spacial score (nSPS) is 12.8. The highest BCUT2D eigenvalue weighted by Gasteiger charge is 2.35. The van der Waals surface area contributed by atoms with Crippen molar-refractivity contribution >= 4 is 44.7 Å². The summed E-state index contributed by atoms with van der Waals surface area (Å²) >= 11 is 0. The second kappa shape index (κ2) is 7.04. The van der Waals surface area contributed by atoms with Gasteiger partial charge in [0.05, 0.1) is 38.6 Å². The maximum absolute atomic E-state index is 13.2. The maximum Gasteiger partial charge on any atom is 0.337 e. The van der Waals surface area contributed by atoms with E-state index in [2.05, 4.69) is 5.32 Å². The highest BCUT2D eigenvalue weighted by molar-refractivity contribution is 7.86. The van der Waals surface area contributed by atoms with E-state index in [1.807, 2.05) is 0 Å². The fourth-order valence-electron chi connectivity index (χ4n) is 3.52. The molecule has 3 aromatic carbocycles. The summed E-state index contributed by atoms with van der Waals surface area (Å²) in [7, 11) is -5.12. The first-order chi connectivity index (χ1) is 14.6. The van der Waals surface area contributed by atoms with Crippen molar-refractivity contribution < 1.29 is 32.5 Å². The molecule has 0 aliphatic heterocycles. The average Bonchev–Trinajstić information content (AvgIpc) is 2.72. The molecule has 1 aliphatic rings. The Morgan fingerprint density at radius 1 is 0.903 bits per heavy atom. The lowest BCUT2D eigenvalue weighted by Gasteiger charge is -2.25. The minimum Gasteiger partial charge on any atom is -0.744 e. The van der Waals surface area contributed by atoms with E-state index in [1.165, 1.54) is 42.5 Å². The summed E-state index contributed by atoms with van der Waals surface area (Å²) in [5.74, 6) is -2.62. The van der Waals surface area contributed by atoms with E-state index in [-0.39, 0.29) is 33.6 Å². The molecule has 10 heteroatoms. The van der Waals surface area contributed by atoms with Crippen molar-refractivity contribution in [2.24, 2.45) is 0 Å². The Kier molecular flexibility index (Phi) is 4.60. The first-order valence-corrected chi connectivity index (χ1v) is 10.2. The largest absolute Gasteiger partial charge is 0.744 e. The van der Waals surface area contributed by atoms with Crippen LogP contribution in [-0.4, -0.2) is 35.6 Å². The van der Waals surface area contributed by atoms with E-state index >= 15 is 0 Å². The van der Waals surface area contributed by atoms with Gasteiger partial charge in [-0.3, -0.25) is 9.59 Å². The van der Waals surface area contributed by atoms with Crippen LogP contribution in [0.1, 0.15) is 42.2 Å². The highest BCUT2D eigenvalue weighted by Crippen LogP contribution is 2.40. The van der Waals surface area contributed by atoms with Crippen LogP contribution in [0.15, 0.2) is 59.5 Å². The van der Waals surface area contributed by atoms with Crippen LogP contribution in [0.25, 0.3) is 0 Å². The average molecular weight is 437 g/mol. The van der Waals surface area contributed by atoms with Crippen LogP contribution in [-0.2, 0) is 10.1 Å². The molecule has 4 N–H and O–H groups in total. The molecule has 0 unspecified atom stereocenters. The van der Waals surface area contributed by atoms with E-state index in [0.717, 1.165) is 6.07 Å². The number of benzene rings is 3. The van der Waals surface area contributed by atoms with Crippen molar-refractivity contribution in [1.82, 2.24) is 0 Å². The number of carbonyl (C=O) groups excluding carboxylic acids is 2. The summed E-state index contributed by atoms with van der Waals surface area (Å²) in [5.41, 5.74) is 4.30. The standard InChI is InChI=1S/C21H14N2O7S/c22-18-15(31(28,29)30)9-14(23-13-8-4-3-7-12(13)21(26)27)16-17(18)20(25)11-6-2-1-5-10(11)19(16)24/h1-9,23H,22H2,(H,26,27)(H,28,29,30)/p-1. The molecule has 0 aromatic heterocycles. The van der Waals surface area contributed by atoms with Gasteiger partial charge in [0.1, 0.15) is 10.1 Å². The molecule has 0 amide bonds. The number of para-hydroxylation sites is 1. The quantitative estimate of drug-likeness (QED) is 0.321. The van der Waals surface area contributed by atoms with Gasteiger partial charge in [-0.25, -0.2) is 13.2 Å². The number of nitrogen functional groups attached to an aromatic ring is 1. The number of hydrogen-bond donors (Lipinski definition) is 3. The molecular formula is C21H13N2O7S-. The fraction of sp³-hybridized carbons (Fsp3) is 0. The monoisotopic (exact) mass is 437 g/mol. The second-order valence-electron chi connectivity index (χ2n) is 6.72. The number of nitrogens with two attached hydrogens (primary N) is 1. The predicted octanol–water partition coefficient (Wildman–Crippen LogP) is 2.39. The lowest BCUT2D eigenvalue weighted by atomic mass is 9.82. The molecule has 0 fully saturated rings. The Bertz CT molecular complexity index is 1410. The number of aromatic carboxylic acids is 1. The smallest absolute Gasteiger partial charge is 0.337 e. The molecule has 0 atom stereocenters. The highest BCUT2D eigenvalue weighted by atomic mass is 32.2. The van der Waals surface area contributed by atoms with Crippen molar-refractivity contribution in [3.05, 3.63) is 82.4 Å². The first-order valence-electron chi connectivity index (χ1n) is 8.81. The van der Waals surface area contributed by atoms with Crippen LogP contribution in [0.5, 0.6) is 0 Å². The molecule has 0 bridgehead atoms. The van der Waals surface area contributed by atoms with Crippen LogP contribution in [0.4, 0.5) is 17.1 Å². The van der Waals surface area contributed by atoms with Gasteiger partial charge in [-0.2, -0.15) is 0 Å². The van der Waals surface area contributed by atoms with E-state index in [9.17, 15) is 32.5 Å². The summed E-state index contributed by atoms with van der Waals surface area (Å²) in [6.07, 6.45) is 0. The number of carboxylic acids is 1. The lowest BCUT2D eigenvalue weighted by molar-refractivity contribution is 0.0697. The second-order valence-corrected chi connectivity index (χ2v) is 8.07. The topological polar surface area (TPSA) is 167 Å². The molecule has 0 saturated carbocycles. The molecule has 0 heterocycles. The molecule has 0 spiro atoms. The van der Waals surface area contributed by atoms with E-state index in [4.69, 9.17) is 5.73 Å². The first kappa shape index (κ1) is 20.3. The van der Waals surface area contributed by atoms with Crippen LogP contribution < -0.4 is 11.1 Å². The van der Waals surface area contributed by atoms with Crippen LogP contribution in [0.3, 0.4) is 0 Å². The lowest BCUT2D eigenvalue weighted by Crippen LogP contribution is -2.25. The van der Waals surface area contributed by atoms with Crippen molar-refractivity contribution in [2.75, 3.05) is 11.1 Å². The van der Waals surface area contributed by atoms with Crippen LogP contribution in [0.2, 0.25) is 0 Å². The van der Waals surface area contributed by atoms with Gasteiger partial charge in [-0.05, 0) is 18.2 Å². The van der Waals surface area contributed by atoms with Crippen molar-refractivity contribution in [3.8, 4) is 0 Å². The number of rotatable bonds is 4. The summed E-state index contributed by atoms with van der Waals surface area (Å²) in [6.45, 7) is 0. The van der Waals surface area contributed by atoms with Gasteiger partial charge in [-0.15, -0.1) is 0 Å². The molecule has 1 aliphatic carbocycles. The summed E-state index contributed by atoms with van der Waals surface area (Å²) in [4.78, 5) is 36.9. The van der Waals surface area contributed by atoms with Gasteiger partial charge in [0.25, 0.3) is 0 Å². The third kappa shape index (κ3) is 3.23. The molecule has 31 heavy (non-hydrogen) atoms. The molecule has 156 valence electrons. The number of carboxylic acid groups (broad SMARTS) is 1. The number of nitrogens with one attached hydrogen (secondary N) is 1. The number of fused-ring (bicyclic) bond motifs is 2. The Hall–Kier alpha value is -4.02. The van der Waals surface area contributed by atoms with Gasteiger partial charge in [-0.1, -0.05) is 36.4 Å². The minimum absolute atomic E-state index is 0.0176. The fourth-order valence-corrected chi connectivity index (χ4v) is 4.16. The number of carbonyl (C=O) groups is 3. The zero-order valence-corrected chi connectivity index (χ0v) is 16.4. The van der Waals surface area contributed by atoms with Crippen LogP contribution in [0, 0.1) is 0 Å². The Balaban J connectivity index is 2.04. The van der Waals surface area contributed by atoms with Gasteiger partial charge in [0, 0.05) is 11.1 Å².